The van der Waals surface area contributed by atoms with Crippen molar-refractivity contribution in [1.82, 2.24) is 5.32 Å². The minimum Gasteiger partial charge on any atom is -0.493 e. The van der Waals surface area contributed by atoms with Crippen molar-refractivity contribution in [2.24, 2.45) is 0 Å². The zero-order chi connectivity index (χ0) is 14.6. The first-order chi connectivity index (χ1) is 9.83. The zero-order valence-corrected chi connectivity index (χ0v) is 13.2. The van der Waals surface area contributed by atoms with Crippen molar-refractivity contribution < 1.29 is 9.47 Å². The molecule has 1 aromatic rings. The van der Waals surface area contributed by atoms with Crippen LogP contribution in [0.5, 0.6) is 11.5 Å². The van der Waals surface area contributed by atoms with Crippen LogP contribution < -0.4 is 14.8 Å². The van der Waals surface area contributed by atoms with Gasteiger partial charge in [-0.2, -0.15) is 0 Å². The summed E-state index contributed by atoms with van der Waals surface area (Å²) in [5, 5.41) is 3.28. The minimum atomic E-state index is 0.719. The number of fused-ring (bicyclic) bond motifs is 1. The van der Waals surface area contributed by atoms with Crippen LogP contribution in [0.25, 0.3) is 0 Å². The van der Waals surface area contributed by atoms with Gasteiger partial charge in [0, 0.05) is 5.56 Å². The minimum absolute atomic E-state index is 0.719. The Morgan fingerprint density at radius 1 is 1.15 bits per heavy atom. The summed E-state index contributed by atoms with van der Waals surface area (Å²) in [6.07, 6.45) is 4.67. The van der Waals surface area contributed by atoms with E-state index in [0.717, 1.165) is 37.6 Å². The van der Waals surface area contributed by atoms with E-state index in [0.29, 0.717) is 0 Å². The van der Waals surface area contributed by atoms with Gasteiger partial charge in [0.2, 0.25) is 0 Å². The number of rotatable bonds is 6. The normalized spacial score (nSPS) is 12.8. The van der Waals surface area contributed by atoms with Gasteiger partial charge in [0.15, 0.2) is 0 Å². The van der Waals surface area contributed by atoms with Crippen molar-refractivity contribution in [2.45, 2.75) is 46.5 Å². The molecule has 0 unspecified atom stereocenters. The average molecular weight is 279 g/mol. The number of hydrogen-bond acceptors (Lipinski definition) is 3. The Balaban J connectivity index is 0.000000246. The van der Waals surface area contributed by atoms with Gasteiger partial charge in [-0.3, -0.25) is 0 Å². The van der Waals surface area contributed by atoms with Gasteiger partial charge in [-0.15, -0.1) is 0 Å². The monoisotopic (exact) mass is 279 g/mol. The molecule has 0 amide bonds. The van der Waals surface area contributed by atoms with E-state index in [1.54, 1.807) is 0 Å². The second-order valence-corrected chi connectivity index (χ2v) is 4.87. The average Bonchev–Trinajstić information content (AvgIpc) is 2.49. The molecule has 0 atom stereocenters. The Bertz CT molecular complexity index is 362. The summed E-state index contributed by atoms with van der Waals surface area (Å²) < 4.78 is 11.1. The van der Waals surface area contributed by atoms with Crippen LogP contribution >= 0.6 is 0 Å². The lowest BCUT2D eigenvalue weighted by atomic mass is 10.1. The van der Waals surface area contributed by atoms with Gasteiger partial charge in [-0.1, -0.05) is 19.9 Å². The Morgan fingerprint density at radius 2 is 1.90 bits per heavy atom. The van der Waals surface area contributed by atoms with Gasteiger partial charge >= 0.3 is 0 Å². The molecule has 0 radical (unpaired) electrons. The van der Waals surface area contributed by atoms with Crippen molar-refractivity contribution in [3.05, 3.63) is 23.8 Å². The molecule has 3 nitrogen and oxygen atoms in total. The van der Waals surface area contributed by atoms with Crippen LogP contribution in [0.4, 0.5) is 0 Å². The van der Waals surface area contributed by atoms with Crippen LogP contribution in [0.15, 0.2) is 18.2 Å². The largest absolute Gasteiger partial charge is 0.493 e. The smallest absolute Gasteiger partial charge is 0.126 e. The topological polar surface area (TPSA) is 30.5 Å². The first-order valence-electron chi connectivity index (χ1n) is 7.91. The van der Waals surface area contributed by atoms with Crippen LogP contribution in [0.2, 0.25) is 0 Å². The highest BCUT2D eigenvalue weighted by Gasteiger charge is 2.14. The molecule has 0 bridgehead atoms. The van der Waals surface area contributed by atoms with E-state index < -0.39 is 0 Å². The quantitative estimate of drug-likeness (QED) is 0.803. The van der Waals surface area contributed by atoms with E-state index in [1.807, 2.05) is 25.1 Å². The Labute approximate surface area is 123 Å². The summed E-state index contributed by atoms with van der Waals surface area (Å²) in [4.78, 5) is 0. The molecule has 2 rings (SSSR count). The van der Waals surface area contributed by atoms with Crippen molar-refractivity contribution in [1.29, 1.82) is 0 Å². The van der Waals surface area contributed by atoms with Crippen LogP contribution in [0.1, 0.15) is 45.6 Å². The van der Waals surface area contributed by atoms with Crippen LogP contribution in [-0.2, 0) is 6.42 Å². The molecule has 0 spiro atoms. The lowest BCUT2D eigenvalue weighted by Crippen LogP contribution is -2.14. The highest BCUT2D eigenvalue weighted by molar-refractivity contribution is 5.45. The molecule has 0 fully saturated rings. The highest BCUT2D eigenvalue weighted by Crippen LogP contribution is 2.32. The van der Waals surface area contributed by atoms with Gasteiger partial charge < -0.3 is 14.8 Å². The van der Waals surface area contributed by atoms with Gasteiger partial charge in [0.25, 0.3) is 0 Å². The summed E-state index contributed by atoms with van der Waals surface area (Å²) in [7, 11) is 0. The molecule has 1 heterocycles. The lowest BCUT2D eigenvalue weighted by molar-refractivity contribution is 0.276. The fraction of sp³-hybridized carbons (Fsp3) is 0.647. The predicted octanol–water partition coefficient (Wildman–Crippen LogP) is 3.81. The molecule has 0 saturated heterocycles. The molecule has 0 aromatic heterocycles. The van der Waals surface area contributed by atoms with Crippen molar-refractivity contribution in [2.75, 3.05) is 26.3 Å². The summed E-state index contributed by atoms with van der Waals surface area (Å²) in [6, 6.07) is 6.00. The fourth-order valence-corrected chi connectivity index (χ4v) is 2.13. The number of nitrogens with one attached hydrogen (secondary N) is 1. The van der Waals surface area contributed by atoms with E-state index in [2.05, 4.69) is 19.2 Å². The molecule has 3 heteroatoms. The second kappa shape index (κ2) is 10.6. The third kappa shape index (κ3) is 5.83. The van der Waals surface area contributed by atoms with Gasteiger partial charge in [-0.25, -0.2) is 0 Å². The zero-order valence-electron chi connectivity index (χ0n) is 13.2. The molecule has 1 aliphatic heterocycles. The third-order valence-corrected chi connectivity index (χ3v) is 3.07. The van der Waals surface area contributed by atoms with E-state index in [9.17, 15) is 0 Å². The number of benzene rings is 1. The Kier molecular flexibility index (Phi) is 8.88. The first-order valence-corrected chi connectivity index (χ1v) is 7.91. The van der Waals surface area contributed by atoms with E-state index >= 15 is 0 Å². The molecule has 1 aromatic carbocycles. The number of hydrogen-bond donors (Lipinski definition) is 1. The lowest BCUT2D eigenvalue weighted by Gasteiger charge is -2.19. The van der Waals surface area contributed by atoms with Gasteiger partial charge in [0.05, 0.1) is 13.2 Å². The van der Waals surface area contributed by atoms with Crippen LogP contribution in [0.3, 0.4) is 0 Å². The predicted molar refractivity (Wildman–Crippen MR) is 84.9 cm³/mol. The summed E-state index contributed by atoms with van der Waals surface area (Å²) >= 11 is 0. The van der Waals surface area contributed by atoms with Gasteiger partial charge in [0.1, 0.15) is 11.5 Å². The fourth-order valence-electron chi connectivity index (χ4n) is 2.13. The third-order valence-electron chi connectivity index (χ3n) is 3.07. The van der Waals surface area contributed by atoms with Crippen molar-refractivity contribution in [3.8, 4) is 11.5 Å². The molecule has 114 valence electrons. The standard InChI is InChI=1S/C11H14O2.C6H15N/c1-2-12-10-6-3-7-11-9(10)5-4-8-13-11;1-3-5-7-6-4-2/h3,6-7H,2,4-5,8H2,1H3;7H,3-6H2,1-2H3. The summed E-state index contributed by atoms with van der Waals surface area (Å²) in [5.74, 6) is 1.98. The maximum atomic E-state index is 5.53. The van der Waals surface area contributed by atoms with Crippen molar-refractivity contribution in [3.63, 3.8) is 0 Å². The molecule has 0 aliphatic carbocycles. The number of ether oxygens (including phenoxy) is 2. The molecular formula is C17H29NO2. The van der Waals surface area contributed by atoms with E-state index in [1.165, 1.54) is 31.5 Å². The molecule has 0 saturated carbocycles. The van der Waals surface area contributed by atoms with E-state index in [4.69, 9.17) is 9.47 Å². The van der Waals surface area contributed by atoms with Crippen LogP contribution in [-0.4, -0.2) is 26.3 Å². The molecule has 1 aliphatic rings. The maximum absolute atomic E-state index is 5.53. The highest BCUT2D eigenvalue weighted by atomic mass is 16.5. The molecular weight excluding hydrogens is 250 g/mol. The van der Waals surface area contributed by atoms with E-state index in [-0.39, 0.29) is 0 Å². The van der Waals surface area contributed by atoms with Crippen molar-refractivity contribution >= 4 is 0 Å². The summed E-state index contributed by atoms with van der Waals surface area (Å²) in [6.45, 7) is 10.3. The Morgan fingerprint density at radius 3 is 2.55 bits per heavy atom. The van der Waals surface area contributed by atoms with Crippen LogP contribution in [0, 0.1) is 0 Å². The maximum Gasteiger partial charge on any atom is 0.126 e. The Hall–Kier alpha value is -1.22. The SMILES string of the molecule is CCCNCCC.CCOc1cccc2c1CCCO2. The summed E-state index contributed by atoms with van der Waals surface area (Å²) in [5.41, 5.74) is 1.23. The molecule has 1 N–H and O–H groups in total. The second-order valence-electron chi connectivity index (χ2n) is 4.87. The first kappa shape index (κ1) is 16.8. The van der Waals surface area contributed by atoms with Gasteiger partial charge in [-0.05, 0) is 57.8 Å². The molecule has 20 heavy (non-hydrogen) atoms.